The normalized spacial score (nSPS) is 22.4. The molecule has 1 N–H and O–H groups in total. The van der Waals surface area contributed by atoms with E-state index in [0.717, 1.165) is 54.1 Å². The first-order chi connectivity index (χ1) is 19.0. The third kappa shape index (κ3) is 4.17. The Bertz CT molecular complexity index is 1540. The van der Waals surface area contributed by atoms with E-state index in [-0.39, 0.29) is 18.7 Å². The molecule has 10 heteroatoms. The van der Waals surface area contributed by atoms with Gasteiger partial charge in [0.25, 0.3) is 11.8 Å². The molecule has 2 aromatic heterocycles. The number of fused-ring (bicyclic) bond motifs is 4. The van der Waals surface area contributed by atoms with Crippen molar-refractivity contribution in [3.63, 3.8) is 0 Å². The van der Waals surface area contributed by atoms with Gasteiger partial charge in [0.05, 0.1) is 16.8 Å². The molecular weight excluding hydrogens is 514 g/mol. The van der Waals surface area contributed by atoms with Gasteiger partial charge in [-0.25, -0.2) is 9.97 Å². The summed E-state index contributed by atoms with van der Waals surface area (Å²) in [5, 5.41) is 3.56. The predicted octanol–water partition coefficient (Wildman–Crippen LogP) is 3.35. The molecule has 1 atom stereocenters. The van der Waals surface area contributed by atoms with E-state index in [4.69, 9.17) is 4.98 Å². The van der Waals surface area contributed by atoms with Crippen LogP contribution in [-0.2, 0) is 29.0 Å². The number of piperidine rings is 2. The van der Waals surface area contributed by atoms with E-state index in [2.05, 4.69) is 15.2 Å². The Balaban J connectivity index is 1.04. The summed E-state index contributed by atoms with van der Waals surface area (Å²) in [6.45, 7) is 2.54. The minimum absolute atomic E-state index is 0.112. The van der Waals surface area contributed by atoms with Gasteiger partial charge in [-0.2, -0.15) is 0 Å². The lowest BCUT2D eigenvalue weighted by atomic mass is 9.88. The number of nitrogens with one attached hydrogen (secondary N) is 1. The highest BCUT2D eigenvalue weighted by Gasteiger charge is 2.44. The number of nitrogens with zero attached hydrogens (tertiary/aromatic N) is 4. The molecule has 2 saturated heterocycles. The van der Waals surface area contributed by atoms with Crippen molar-refractivity contribution >= 4 is 45.2 Å². The SMILES string of the molecule is O=C1CCC(N2C(=O)c3ccc(CN4CCC(c5ncnc6sc7c(c56)CCCC7)CC4)cc3C2=O)C(=O)N1. The summed E-state index contributed by atoms with van der Waals surface area (Å²) in [4.78, 5) is 65.4. The van der Waals surface area contributed by atoms with Crippen molar-refractivity contribution in [3.05, 3.63) is 57.4 Å². The van der Waals surface area contributed by atoms with E-state index >= 15 is 0 Å². The molecule has 3 aliphatic heterocycles. The summed E-state index contributed by atoms with van der Waals surface area (Å²) in [5.41, 5.74) is 4.33. The highest BCUT2D eigenvalue weighted by Crippen LogP contribution is 2.40. The largest absolute Gasteiger partial charge is 0.299 e. The molecule has 4 aliphatic rings. The van der Waals surface area contributed by atoms with Crippen LogP contribution in [0.5, 0.6) is 0 Å². The molecule has 2 fully saturated rings. The van der Waals surface area contributed by atoms with E-state index in [1.165, 1.54) is 34.4 Å². The van der Waals surface area contributed by atoms with Gasteiger partial charge in [-0.15, -0.1) is 11.3 Å². The molecule has 5 heterocycles. The van der Waals surface area contributed by atoms with E-state index < -0.39 is 23.8 Å². The monoisotopic (exact) mass is 543 g/mol. The van der Waals surface area contributed by atoms with Gasteiger partial charge in [-0.05, 0) is 81.3 Å². The third-order valence-corrected chi connectivity index (χ3v) is 9.87. The van der Waals surface area contributed by atoms with E-state index in [1.807, 2.05) is 17.4 Å². The molecule has 1 unspecified atom stereocenters. The maximum atomic E-state index is 13.2. The fourth-order valence-corrected chi connectivity index (χ4v) is 7.90. The molecule has 1 aromatic carbocycles. The van der Waals surface area contributed by atoms with Gasteiger partial charge in [-0.1, -0.05) is 6.07 Å². The first-order valence-corrected chi connectivity index (χ1v) is 14.6. The maximum Gasteiger partial charge on any atom is 0.262 e. The average Bonchev–Trinajstić information content (AvgIpc) is 3.44. The Hall–Kier alpha value is -3.50. The molecule has 0 spiro atoms. The summed E-state index contributed by atoms with van der Waals surface area (Å²) < 4.78 is 0. The molecule has 4 amide bonds. The van der Waals surface area contributed by atoms with Crippen LogP contribution in [0.4, 0.5) is 0 Å². The van der Waals surface area contributed by atoms with Crippen LogP contribution in [0.25, 0.3) is 10.2 Å². The number of carbonyl (C=O) groups is 4. The van der Waals surface area contributed by atoms with Crippen molar-refractivity contribution in [2.24, 2.45) is 0 Å². The van der Waals surface area contributed by atoms with Crippen molar-refractivity contribution in [1.82, 2.24) is 25.1 Å². The minimum atomic E-state index is -0.945. The van der Waals surface area contributed by atoms with Crippen LogP contribution < -0.4 is 5.32 Å². The van der Waals surface area contributed by atoms with Gasteiger partial charge in [-0.3, -0.25) is 34.3 Å². The first-order valence-electron chi connectivity index (χ1n) is 13.8. The molecule has 0 bridgehead atoms. The summed E-state index contributed by atoms with van der Waals surface area (Å²) in [5.74, 6) is -1.49. The number of aryl methyl sites for hydroxylation is 2. The third-order valence-electron chi connectivity index (χ3n) is 8.67. The molecule has 0 saturated carbocycles. The van der Waals surface area contributed by atoms with E-state index in [9.17, 15) is 19.2 Å². The van der Waals surface area contributed by atoms with Crippen LogP contribution in [0.15, 0.2) is 24.5 Å². The Morgan fingerprint density at radius 1 is 0.923 bits per heavy atom. The van der Waals surface area contributed by atoms with Crippen LogP contribution in [-0.4, -0.2) is 62.5 Å². The van der Waals surface area contributed by atoms with E-state index in [1.54, 1.807) is 18.5 Å². The van der Waals surface area contributed by atoms with Gasteiger partial charge in [0.15, 0.2) is 0 Å². The molecule has 3 aromatic rings. The highest BCUT2D eigenvalue weighted by molar-refractivity contribution is 7.18. The second-order valence-electron chi connectivity index (χ2n) is 11.0. The molecule has 200 valence electrons. The lowest BCUT2D eigenvalue weighted by Crippen LogP contribution is -2.54. The summed E-state index contributed by atoms with van der Waals surface area (Å²) in [6.07, 6.45) is 8.83. The molecular formula is C29H29N5O4S. The van der Waals surface area contributed by atoms with Crippen molar-refractivity contribution in [3.8, 4) is 0 Å². The van der Waals surface area contributed by atoms with Crippen molar-refractivity contribution in [2.45, 2.75) is 69.9 Å². The number of thiophene rings is 1. The smallest absolute Gasteiger partial charge is 0.262 e. The van der Waals surface area contributed by atoms with Gasteiger partial charge >= 0.3 is 0 Å². The van der Waals surface area contributed by atoms with Crippen molar-refractivity contribution in [2.75, 3.05) is 13.1 Å². The van der Waals surface area contributed by atoms with Crippen LogP contribution in [0, 0.1) is 0 Å². The second kappa shape index (κ2) is 9.60. The van der Waals surface area contributed by atoms with Gasteiger partial charge < -0.3 is 0 Å². The minimum Gasteiger partial charge on any atom is -0.299 e. The molecule has 1 aliphatic carbocycles. The van der Waals surface area contributed by atoms with Crippen molar-refractivity contribution < 1.29 is 19.2 Å². The fourth-order valence-electron chi connectivity index (χ4n) is 6.66. The zero-order chi connectivity index (χ0) is 26.7. The molecule has 7 rings (SSSR count). The number of aromatic nitrogens is 2. The van der Waals surface area contributed by atoms with Crippen molar-refractivity contribution in [1.29, 1.82) is 0 Å². The van der Waals surface area contributed by atoms with Crippen LogP contribution in [0.2, 0.25) is 0 Å². The standard InChI is InChI=1S/C29H29N5O4S/c35-23-8-7-21(26(36)32-23)34-28(37)18-6-5-16(13-20(18)29(34)38)14-33-11-9-17(10-12-33)25-24-19-3-1-2-4-22(19)39-27(24)31-15-30-25/h5-6,13,15,17,21H,1-4,7-12,14H2,(H,32,35,36). The molecule has 39 heavy (non-hydrogen) atoms. The second-order valence-corrected chi connectivity index (χ2v) is 12.1. The number of carbonyl (C=O) groups excluding carboxylic acids is 4. The van der Waals surface area contributed by atoms with Crippen LogP contribution >= 0.6 is 11.3 Å². The lowest BCUT2D eigenvalue weighted by molar-refractivity contribution is -0.136. The number of imide groups is 2. The Labute approximate surface area is 229 Å². The zero-order valence-corrected chi connectivity index (χ0v) is 22.4. The number of rotatable bonds is 4. The van der Waals surface area contributed by atoms with E-state index in [0.29, 0.717) is 23.6 Å². The predicted molar refractivity (Wildman–Crippen MR) is 144 cm³/mol. The zero-order valence-electron chi connectivity index (χ0n) is 21.6. The summed E-state index contributed by atoms with van der Waals surface area (Å²) in [7, 11) is 0. The lowest BCUT2D eigenvalue weighted by Gasteiger charge is -2.32. The average molecular weight is 544 g/mol. The quantitative estimate of drug-likeness (QED) is 0.502. The number of hydrogen-bond donors (Lipinski definition) is 1. The Kier molecular flexibility index (Phi) is 6.04. The molecule has 0 radical (unpaired) electrons. The van der Waals surface area contributed by atoms with Gasteiger partial charge in [0.2, 0.25) is 11.8 Å². The van der Waals surface area contributed by atoms with Gasteiger partial charge in [0.1, 0.15) is 17.2 Å². The van der Waals surface area contributed by atoms with Gasteiger partial charge in [0, 0.05) is 29.1 Å². The maximum absolute atomic E-state index is 13.2. The summed E-state index contributed by atoms with van der Waals surface area (Å²) in [6, 6.07) is 4.44. The first kappa shape index (κ1) is 24.5. The van der Waals surface area contributed by atoms with Crippen LogP contribution in [0.3, 0.4) is 0 Å². The fraction of sp³-hybridized carbons (Fsp3) is 0.448. The summed E-state index contributed by atoms with van der Waals surface area (Å²) >= 11 is 1.85. The number of benzene rings is 1. The number of likely N-dealkylation sites (tertiary alicyclic amines) is 1. The van der Waals surface area contributed by atoms with Crippen LogP contribution in [0.1, 0.15) is 86.9 Å². The number of hydrogen-bond acceptors (Lipinski definition) is 8. The Morgan fingerprint density at radius 3 is 2.54 bits per heavy atom. The topological polar surface area (TPSA) is 113 Å². The highest BCUT2D eigenvalue weighted by atomic mass is 32.1. The Morgan fingerprint density at radius 2 is 1.72 bits per heavy atom. The molecule has 9 nitrogen and oxygen atoms in total. The number of amides is 4.